The summed E-state index contributed by atoms with van der Waals surface area (Å²) < 4.78 is 32.4. The maximum absolute atomic E-state index is 14.3. The molecule has 4 aromatic rings. The quantitative estimate of drug-likeness (QED) is 0.408. The van der Waals surface area contributed by atoms with Crippen molar-refractivity contribution in [2.45, 2.75) is 38.5 Å². The summed E-state index contributed by atoms with van der Waals surface area (Å²) in [6.45, 7) is 2.69. The highest BCUT2D eigenvalue weighted by Crippen LogP contribution is 2.35. The molecule has 0 saturated heterocycles. The van der Waals surface area contributed by atoms with Gasteiger partial charge in [0, 0.05) is 53.9 Å². The lowest BCUT2D eigenvalue weighted by atomic mass is 10.1. The summed E-state index contributed by atoms with van der Waals surface area (Å²) in [5, 5.41) is 5.76. The van der Waals surface area contributed by atoms with Crippen molar-refractivity contribution < 1.29 is 13.6 Å². The molecule has 9 heteroatoms. The first-order chi connectivity index (χ1) is 16.4. The number of aromatic nitrogens is 2. The number of nitrogens with one attached hydrogen (secondary N) is 1. The molecule has 0 saturated carbocycles. The van der Waals surface area contributed by atoms with E-state index in [1.165, 1.54) is 24.3 Å². The van der Waals surface area contributed by atoms with Gasteiger partial charge in [-0.3, -0.25) is 15.1 Å². The molecule has 7 nitrogen and oxygen atoms in total. The van der Waals surface area contributed by atoms with Crippen molar-refractivity contribution in [1.29, 1.82) is 0 Å². The zero-order valence-corrected chi connectivity index (χ0v) is 19.0. The van der Waals surface area contributed by atoms with Crippen molar-refractivity contribution >= 4 is 39.6 Å². The van der Waals surface area contributed by atoms with Crippen molar-refractivity contribution in [2.75, 3.05) is 4.90 Å². The van der Waals surface area contributed by atoms with Gasteiger partial charge in [-0.15, -0.1) is 0 Å². The minimum atomic E-state index is -0.793. The van der Waals surface area contributed by atoms with Gasteiger partial charge in [-0.25, -0.2) is 8.78 Å². The highest BCUT2D eigenvalue weighted by Gasteiger charge is 2.33. The number of hydrogen-bond acceptors (Lipinski definition) is 5. The number of fused-ring (bicyclic) bond motifs is 2. The van der Waals surface area contributed by atoms with Crippen LogP contribution in [0, 0.1) is 11.6 Å². The third kappa shape index (κ3) is 3.62. The second-order valence-electron chi connectivity index (χ2n) is 8.66. The summed E-state index contributed by atoms with van der Waals surface area (Å²) in [7, 11) is 1.87. The van der Waals surface area contributed by atoms with Gasteiger partial charge in [0.25, 0.3) is 0 Å². The Balaban J connectivity index is 1.66. The van der Waals surface area contributed by atoms with Gasteiger partial charge in [0.1, 0.15) is 11.6 Å². The van der Waals surface area contributed by atoms with Crippen molar-refractivity contribution in [2.24, 2.45) is 17.9 Å². The Morgan fingerprint density at radius 1 is 1.12 bits per heavy atom. The SMILES string of the molecule is CCC(N)CCn1cc(N2C(c3cn(C)c4ccc(F)cc34)=NNC2C=O)c2cc(F)ccc21. The van der Waals surface area contributed by atoms with Crippen LogP contribution in [0.15, 0.2) is 53.9 Å². The minimum Gasteiger partial charge on any atom is -0.350 e. The molecule has 176 valence electrons. The number of carbonyl (C=O) groups excluding carboxylic acids is 1. The van der Waals surface area contributed by atoms with E-state index in [1.807, 2.05) is 35.5 Å². The van der Waals surface area contributed by atoms with Crippen LogP contribution in [0.25, 0.3) is 21.8 Å². The fourth-order valence-electron chi connectivity index (χ4n) is 4.59. The number of carbonyl (C=O) groups is 1. The van der Waals surface area contributed by atoms with Crippen LogP contribution in [0.2, 0.25) is 0 Å². The highest BCUT2D eigenvalue weighted by molar-refractivity contribution is 6.21. The average molecular weight is 465 g/mol. The van der Waals surface area contributed by atoms with E-state index in [0.29, 0.717) is 34.4 Å². The number of aryl methyl sites for hydroxylation is 2. The van der Waals surface area contributed by atoms with Crippen molar-refractivity contribution in [3.8, 4) is 0 Å². The Morgan fingerprint density at radius 3 is 2.53 bits per heavy atom. The molecule has 0 spiro atoms. The normalized spacial score (nSPS) is 16.8. The first kappa shape index (κ1) is 22.1. The molecule has 0 radical (unpaired) electrons. The van der Waals surface area contributed by atoms with E-state index < -0.39 is 6.17 Å². The lowest BCUT2D eigenvalue weighted by Gasteiger charge is -2.23. The van der Waals surface area contributed by atoms with Crippen LogP contribution in [0.5, 0.6) is 0 Å². The molecule has 3 N–H and O–H groups in total. The van der Waals surface area contributed by atoms with Gasteiger partial charge in [-0.1, -0.05) is 6.92 Å². The number of hydrogen-bond donors (Lipinski definition) is 2. The van der Waals surface area contributed by atoms with E-state index in [2.05, 4.69) is 10.5 Å². The molecule has 0 bridgehead atoms. The lowest BCUT2D eigenvalue weighted by molar-refractivity contribution is -0.109. The van der Waals surface area contributed by atoms with Gasteiger partial charge < -0.3 is 14.9 Å². The molecule has 1 aliphatic heterocycles. The highest BCUT2D eigenvalue weighted by atomic mass is 19.1. The number of aldehydes is 1. The largest absolute Gasteiger partial charge is 0.350 e. The molecule has 1 aliphatic rings. The van der Waals surface area contributed by atoms with E-state index in [-0.39, 0.29) is 17.7 Å². The third-order valence-corrected chi connectivity index (χ3v) is 6.48. The number of halogens is 2. The Kier molecular flexibility index (Phi) is 5.57. The van der Waals surface area contributed by atoms with Gasteiger partial charge in [0.2, 0.25) is 0 Å². The Labute approximate surface area is 195 Å². The summed E-state index contributed by atoms with van der Waals surface area (Å²) in [5.74, 6) is -0.282. The van der Waals surface area contributed by atoms with E-state index in [0.717, 1.165) is 30.2 Å². The first-order valence-electron chi connectivity index (χ1n) is 11.3. The fraction of sp³-hybridized carbons (Fsp3) is 0.280. The predicted molar refractivity (Wildman–Crippen MR) is 130 cm³/mol. The second kappa shape index (κ2) is 8.57. The van der Waals surface area contributed by atoms with E-state index in [1.54, 1.807) is 17.0 Å². The minimum absolute atomic E-state index is 0.0558. The van der Waals surface area contributed by atoms with E-state index >= 15 is 0 Å². The summed E-state index contributed by atoms with van der Waals surface area (Å²) in [6.07, 6.45) is 5.33. The van der Waals surface area contributed by atoms with Crippen LogP contribution in [0.3, 0.4) is 0 Å². The number of rotatable bonds is 7. The van der Waals surface area contributed by atoms with Gasteiger partial charge in [-0.05, 0) is 49.2 Å². The zero-order chi connectivity index (χ0) is 24.0. The number of hydrazone groups is 1. The number of nitrogens with zero attached hydrogens (tertiary/aromatic N) is 4. The molecule has 34 heavy (non-hydrogen) atoms. The Hall–Kier alpha value is -3.72. The summed E-state index contributed by atoms with van der Waals surface area (Å²) in [6, 6.07) is 9.23. The maximum atomic E-state index is 14.3. The molecule has 2 atom stereocenters. The third-order valence-electron chi connectivity index (χ3n) is 6.48. The molecule has 0 fully saturated rings. The van der Waals surface area contributed by atoms with Crippen LogP contribution in [-0.2, 0) is 18.4 Å². The standard InChI is InChI=1S/C25H26F2N6O/c1-3-17(28)8-9-32-13-23(19-11-16(27)5-7-22(19)32)33-24(14-34)29-30-25(33)20-12-31(2)21-6-4-15(26)10-18(20)21/h4-7,10-14,17,24,29H,3,8-9,28H2,1-2H3. The Morgan fingerprint density at radius 2 is 1.82 bits per heavy atom. The molecule has 0 aliphatic carbocycles. The summed E-state index contributed by atoms with van der Waals surface area (Å²) >= 11 is 0. The summed E-state index contributed by atoms with van der Waals surface area (Å²) in [5.41, 5.74) is 12.0. The van der Waals surface area contributed by atoms with E-state index in [4.69, 9.17) is 5.73 Å². The first-order valence-corrected chi connectivity index (χ1v) is 11.3. The Bertz CT molecular complexity index is 1420. The van der Waals surface area contributed by atoms with Gasteiger partial charge >= 0.3 is 0 Å². The van der Waals surface area contributed by atoms with Crippen LogP contribution in [0.4, 0.5) is 14.5 Å². The fourth-order valence-corrected chi connectivity index (χ4v) is 4.59. The summed E-state index contributed by atoms with van der Waals surface area (Å²) in [4.78, 5) is 13.8. The monoisotopic (exact) mass is 464 g/mol. The van der Waals surface area contributed by atoms with Crippen molar-refractivity contribution in [3.63, 3.8) is 0 Å². The van der Waals surface area contributed by atoms with Crippen LogP contribution in [-0.4, -0.2) is 33.5 Å². The molecule has 2 unspecified atom stereocenters. The molecule has 2 aromatic heterocycles. The number of anilines is 1. The lowest BCUT2D eigenvalue weighted by Crippen LogP contribution is -2.41. The molecule has 3 heterocycles. The topological polar surface area (TPSA) is 80.6 Å². The van der Waals surface area contributed by atoms with Crippen LogP contribution >= 0.6 is 0 Å². The maximum Gasteiger partial charge on any atom is 0.177 e. The van der Waals surface area contributed by atoms with Crippen molar-refractivity contribution in [1.82, 2.24) is 14.6 Å². The van der Waals surface area contributed by atoms with Gasteiger partial charge in [0.05, 0.1) is 11.2 Å². The predicted octanol–water partition coefficient (Wildman–Crippen LogP) is 3.84. The number of benzene rings is 2. The van der Waals surface area contributed by atoms with Crippen molar-refractivity contribution in [3.05, 3.63) is 66.0 Å². The second-order valence-corrected chi connectivity index (χ2v) is 8.66. The molecule has 5 rings (SSSR count). The average Bonchev–Trinajstić information content (AvgIpc) is 3.50. The van der Waals surface area contributed by atoms with Crippen LogP contribution < -0.4 is 16.1 Å². The molecule has 2 aromatic carbocycles. The van der Waals surface area contributed by atoms with E-state index in [9.17, 15) is 13.6 Å². The molecular weight excluding hydrogens is 438 g/mol. The molecular formula is C25H26F2N6O. The van der Waals surface area contributed by atoms with Gasteiger partial charge in [-0.2, -0.15) is 5.10 Å². The van der Waals surface area contributed by atoms with Gasteiger partial charge in [0.15, 0.2) is 18.3 Å². The number of amidine groups is 1. The zero-order valence-electron chi connectivity index (χ0n) is 19.0. The smallest absolute Gasteiger partial charge is 0.177 e. The molecule has 0 amide bonds. The number of nitrogens with two attached hydrogens (primary N) is 1. The van der Waals surface area contributed by atoms with Crippen LogP contribution in [0.1, 0.15) is 25.3 Å².